The van der Waals surface area contributed by atoms with Crippen molar-refractivity contribution < 1.29 is 9.47 Å². The first-order chi connectivity index (χ1) is 8.24. The van der Waals surface area contributed by atoms with E-state index in [1.54, 1.807) is 14.2 Å². The highest BCUT2D eigenvalue weighted by Gasteiger charge is 2.06. The zero-order valence-electron chi connectivity index (χ0n) is 11.2. The van der Waals surface area contributed by atoms with Crippen LogP contribution in [-0.2, 0) is 0 Å². The lowest BCUT2D eigenvalue weighted by Gasteiger charge is -2.15. The van der Waals surface area contributed by atoms with Gasteiger partial charge in [-0.15, -0.1) is 0 Å². The van der Waals surface area contributed by atoms with Crippen LogP contribution in [0.2, 0.25) is 0 Å². The zero-order chi connectivity index (χ0) is 12.7. The normalized spacial score (nSPS) is 10.4. The Hall–Kier alpha value is -1.38. The van der Waals surface area contributed by atoms with Crippen molar-refractivity contribution in [2.75, 3.05) is 26.1 Å². The molecular weight excluding hydrogens is 214 g/mol. The topological polar surface area (TPSA) is 30.5 Å². The Bertz CT molecular complexity index is 335. The Balaban J connectivity index is 2.66. The highest BCUT2D eigenvalue weighted by Crippen LogP contribution is 2.29. The second kappa shape index (κ2) is 7.05. The average Bonchev–Trinajstić information content (AvgIpc) is 2.39. The number of hydrogen-bond acceptors (Lipinski definition) is 3. The molecule has 0 saturated heterocycles. The monoisotopic (exact) mass is 237 g/mol. The van der Waals surface area contributed by atoms with Crippen LogP contribution in [0.3, 0.4) is 0 Å². The molecule has 0 unspecified atom stereocenters. The van der Waals surface area contributed by atoms with Crippen LogP contribution in [0.15, 0.2) is 18.2 Å². The number of hydrogen-bond donors (Lipinski definition) is 1. The van der Waals surface area contributed by atoms with Crippen molar-refractivity contribution in [2.45, 2.75) is 26.7 Å². The van der Waals surface area contributed by atoms with Crippen molar-refractivity contribution in [3.8, 4) is 11.5 Å². The first-order valence-corrected chi connectivity index (χ1v) is 6.21. The quantitative estimate of drug-likeness (QED) is 0.786. The highest BCUT2D eigenvalue weighted by molar-refractivity contribution is 5.54. The van der Waals surface area contributed by atoms with Crippen LogP contribution in [0.5, 0.6) is 11.5 Å². The Morgan fingerprint density at radius 3 is 2.24 bits per heavy atom. The molecule has 0 heterocycles. The van der Waals surface area contributed by atoms with Gasteiger partial charge < -0.3 is 14.8 Å². The summed E-state index contributed by atoms with van der Waals surface area (Å²) in [6, 6.07) is 5.92. The van der Waals surface area contributed by atoms with Gasteiger partial charge in [-0.25, -0.2) is 0 Å². The van der Waals surface area contributed by atoms with Gasteiger partial charge in [0.15, 0.2) is 11.5 Å². The molecule has 1 aromatic rings. The molecule has 0 aliphatic heterocycles. The third-order valence-corrected chi connectivity index (χ3v) is 3.13. The van der Waals surface area contributed by atoms with Gasteiger partial charge in [0.1, 0.15) is 0 Å². The second-order valence-corrected chi connectivity index (χ2v) is 4.13. The molecule has 0 fully saturated rings. The van der Waals surface area contributed by atoms with E-state index in [1.165, 1.54) is 12.8 Å². The molecule has 0 aromatic heterocycles. The zero-order valence-corrected chi connectivity index (χ0v) is 11.2. The van der Waals surface area contributed by atoms with Crippen molar-refractivity contribution in [1.82, 2.24) is 0 Å². The number of rotatable bonds is 7. The van der Waals surface area contributed by atoms with Crippen LogP contribution in [0.4, 0.5) is 5.69 Å². The van der Waals surface area contributed by atoms with E-state index < -0.39 is 0 Å². The van der Waals surface area contributed by atoms with Crippen LogP contribution in [-0.4, -0.2) is 20.8 Å². The van der Waals surface area contributed by atoms with Crippen molar-refractivity contribution >= 4 is 5.69 Å². The molecule has 1 aromatic carbocycles. The fourth-order valence-electron chi connectivity index (χ4n) is 1.79. The molecule has 0 radical (unpaired) electrons. The molecule has 0 atom stereocenters. The minimum absolute atomic E-state index is 0.725. The van der Waals surface area contributed by atoms with Crippen LogP contribution < -0.4 is 14.8 Å². The summed E-state index contributed by atoms with van der Waals surface area (Å²) in [4.78, 5) is 0. The molecule has 1 rings (SSSR count). The average molecular weight is 237 g/mol. The standard InChI is InChI=1S/C14H23NO2/c1-5-11(6-2)10-15-12-7-8-13(16-3)14(9-12)17-4/h7-9,11,15H,5-6,10H2,1-4H3. The van der Waals surface area contributed by atoms with E-state index in [1.807, 2.05) is 18.2 Å². The lowest BCUT2D eigenvalue weighted by atomic mass is 10.0. The summed E-state index contributed by atoms with van der Waals surface area (Å²) < 4.78 is 10.5. The van der Waals surface area contributed by atoms with E-state index in [9.17, 15) is 0 Å². The van der Waals surface area contributed by atoms with Crippen molar-refractivity contribution in [3.63, 3.8) is 0 Å². The second-order valence-electron chi connectivity index (χ2n) is 4.13. The summed E-state index contributed by atoms with van der Waals surface area (Å²) in [5.74, 6) is 2.26. The predicted octanol–water partition coefficient (Wildman–Crippen LogP) is 3.55. The maximum Gasteiger partial charge on any atom is 0.162 e. The number of methoxy groups -OCH3 is 2. The molecule has 3 heteroatoms. The minimum atomic E-state index is 0.725. The smallest absolute Gasteiger partial charge is 0.162 e. The van der Waals surface area contributed by atoms with Crippen molar-refractivity contribution in [2.24, 2.45) is 5.92 Å². The third kappa shape index (κ3) is 3.84. The molecule has 0 saturated carbocycles. The maximum absolute atomic E-state index is 5.27. The van der Waals surface area contributed by atoms with E-state index in [2.05, 4.69) is 19.2 Å². The molecule has 17 heavy (non-hydrogen) atoms. The van der Waals surface area contributed by atoms with Gasteiger partial charge in [0.2, 0.25) is 0 Å². The summed E-state index contributed by atoms with van der Waals surface area (Å²) in [5.41, 5.74) is 1.08. The molecule has 0 amide bonds. The number of anilines is 1. The van der Waals surface area contributed by atoms with E-state index in [4.69, 9.17) is 9.47 Å². The SMILES string of the molecule is CCC(CC)CNc1ccc(OC)c(OC)c1. The number of nitrogens with one attached hydrogen (secondary N) is 1. The van der Waals surface area contributed by atoms with Gasteiger partial charge in [-0.05, 0) is 18.1 Å². The highest BCUT2D eigenvalue weighted by atomic mass is 16.5. The fourth-order valence-corrected chi connectivity index (χ4v) is 1.79. The molecule has 0 aliphatic carbocycles. The van der Waals surface area contributed by atoms with Gasteiger partial charge in [-0.2, -0.15) is 0 Å². The minimum Gasteiger partial charge on any atom is -0.493 e. The largest absolute Gasteiger partial charge is 0.493 e. The summed E-state index contributed by atoms with van der Waals surface area (Å²) in [5, 5.41) is 3.44. The molecular formula is C14H23NO2. The Labute approximate surface area is 104 Å². The van der Waals surface area contributed by atoms with E-state index >= 15 is 0 Å². The first-order valence-electron chi connectivity index (χ1n) is 6.21. The van der Waals surface area contributed by atoms with E-state index in [0.717, 1.165) is 29.6 Å². The van der Waals surface area contributed by atoms with Crippen molar-refractivity contribution in [3.05, 3.63) is 18.2 Å². The van der Waals surface area contributed by atoms with Crippen LogP contribution in [0, 0.1) is 5.92 Å². The van der Waals surface area contributed by atoms with Gasteiger partial charge in [0, 0.05) is 18.3 Å². The molecule has 1 N–H and O–H groups in total. The predicted molar refractivity (Wildman–Crippen MR) is 72.1 cm³/mol. The summed E-state index contributed by atoms with van der Waals surface area (Å²) in [6.45, 7) is 5.46. The molecule has 3 nitrogen and oxygen atoms in total. The van der Waals surface area contributed by atoms with Crippen LogP contribution in [0.25, 0.3) is 0 Å². The van der Waals surface area contributed by atoms with Gasteiger partial charge in [-0.3, -0.25) is 0 Å². The Morgan fingerprint density at radius 1 is 1.06 bits per heavy atom. The Morgan fingerprint density at radius 2 is 1.71 bits per heavy atom. The molecule has 0 aliphatic rings. The Kier molecular flexibility index (Phi) is 5.67. The van der Waals surface area contributed by atoms with E-state index in [0.29, 0.717) is 0 Å². The molecule has 0 spiro atoms. The lowest BCUT2D eigenvalue weighted by Crippen LogP contribution is -2.12. The molecule has 96 valence electrons. The van der Waals surface area contributed by atoms with Crippen molar-refractivity contribution in [1.29, 1.82) is 0 Å². The summed E-state index contributed by atoms with van der Waals surface area (Å²) in [6.07, 6.45) is 2.41. The summed E-state index contributed by atoms with van der Waals surface area (Å²) in [7, 11) is 3.30. The van der Waals surface area contributed by atoms with Gasteiger partial charge in [0.05, 0.1) is 14.2 Å². The molecule has 0 bridgehead atoms. The number of benzene rings is 1. The van der Waals surface area contributed by atoms with Crippen LogP contribution >= 0.6 is 0 Å². The maximum atomic E-state index is 5.27. The van der Waals surface area contributed by atoms with Gasteiger partial charge in [-0.1, -0.05) is 26.7 Å². The fraction of sp³-hybridized carbons (Fsp3) is 0.571. The van der Waals surface area contributed by atoms with Crippen LogP contribution in [0.1, 0.15) is 26.7 Å². The third-order valence-electron chi connectivity index (χ3n) is 3.13. The summed E-state index contributed by atoms with van der Waals surface area (Å²) >= 11 is 0. The van der Waals surface area contributed by atoms with E-state index in [-0.39, 0.29) is 0 Å². The van der Waals surface area contributed by atoms with Gasteiger partial charge in [0.25, 0.3) is 0 Å². The van der Waals surface area contributed by atoms with Gasteiger partial charge >= 0.3 is 0 Å². The lowest BCUT2D eigenvalue weighted by molar-refractivity contribution is 0.355. The first kappa shape index (κ1) is 13.7. The number of ether oxygens (including phenoxy) is 2.